The van der Waals surface area contributed by atoms with E-state index in [1.54, 1.807) is 67.2 Å². The van der Waals surface area contributed by atoms with E-state index in [-0.39, 0.29) is 17.9 Å². The van der Waals surface area contributed by atoms with Crippen molar-refractivity contribution in [3.63, 3.8) is 0 Å². The van der Waals surface area contributed by atoms with Crippen LogP contribution in [0.2, 0.25) is 5.02 Å². The van der Waals surface area contributed by atoms with Gasteiger partial charge in [-0.15, -0.1) is 0 Å². The third-order valence-electron chi connectivity index (χ3n) is 5.22. The highest BCUT2D eigenvalue weighted by Crippen LogP contribution is 2.17. The fraction of sp³-hybridized carbons (Fsp3) is 0.217. The number of ether oxygens (including phenoxy) is 1. The van der Waals surface area contributed by atoms with Crippen molar-refractivity contribution >= 4 is 28.5 Å². The number of carbonyl (C=O) groups is 1. The highest BCUT2D eigenvalue weighted by atomic mass is 35.5. The molecule has 0 amide bonds. The first-order chi connectivity index (χ1) is 15.4. The zero-order chi connectivity index (χ0) is 22.8. The molecule has 2 heterocycles. The third kappa shape index (κ3) is 4.09. The molecule has 0 unspecified atom stereocenters. The summed E-state index contributed by atoms with van der Waals surface area (Å²) in [5.41, 5.74) is 1.07. The second-order valence-corrected chi connectivity index (χ2v) is 7.82. The van der Waals surface area contributed by atoms with Crippen LogP contribution in [0.5, 0.6) is 5.75 Å². The highest BCUT2D eigenvalue weighted by Gasteiger charge is 2.14. The lowest BCUT2D eigenvalue weighted by molar-refractivity contribution is 0.103. The molecular weight excluding hydrogens is 432 g/mol. The summed E-state index contributed by atoms with van der Waals surface area (Å²) in [6, 6.07) is 13.6. The summed E-state index contributed by atoms with van der Waals surface area (Å²) in [6.07, 6.45) is 1.98. The summed E-state index contributed by atoms with van der Waals surface area (Å²) in [5.74, 6) is 0.494. The van der Waals surface area contributed by atoms with Crippen molar-refractivity contribution in [3.8, 4) is 5.75 Å². The first-order valence-electron chi connectivity index (χ1n) is 10.0. The zero-order valence-corrected chi connectivity index (χ0v) is 18.4. The minimum absolute atomic E-state index is 0.103. The number of imidazole rings is 1. The number of ketones is 1. The Balaban J connectivity index is 1.39. The van der Waals surface area contributed by atoms with Gasteiger partial charge in [0.05, 0.1) is 12.9 Å². The van der Waals surface area contributed by atoms with Crippen LogP contribution in [0.1, 0.15) is 22.3 Å². The second-order valence-electron chi connectivity index (χ2n) is 7.39. The van der Waals surface area contributed by atoms with Crippen LogP contribution >= 0.6 is 11.6 Å². The topological polar surface area (TPSA) is 88.1 Å². The van der Waals surface area contributed by atoms with Gasteiger partial charge in [-0.1, -0.05) is 11.6 Å². The van der Waals surface area contributed by atoms with Crippen LogP contribution in [0.15, 0.2) is 64.4 Å². The molecule has 0 bridgehead atoms. The van der Waals surface area contributed by atoms with Crippen molar-refractivity contribution in [2.45, 2.75) is 13.0 Å². The Hall–Kier alpha value is -3.65. The van der Waals surface area contributed by atoms with Crippen LogP contribution in [0.4, 0.5) is 0 Å². The number of benzene rings is 2. The maximum absolute atomic E-state index is 12.7. The number of aryl methyl sites for hydroxylation is 2. The molecule has 9 heteroatoms. The molecule has 0 aliphatic heterocycles. The lowest BCUT2D eigenvalue weighted by atomic mass is 10.0. The van der Waals surface area contributed by atoms with Gasteiger partial charge in [0, 0.05) is 36.8 Å². The van der Waals surface area contributed by atoms with E-state index in [0.717, 1.165) is 0 Å². The quantitative estimate of drug-likeness (QED) is 0.318. The number of nitrogens with zero attached hydrogens (tertiary/aromatic N) is 4. The maximum Gasteiger partial charge on any atom is 0.332 e. The number of fused-ring (bicyclic) bond motifs is 1. The average molecular weight is 453 g/mol. The Kier molecular flexibility index (Phi) is 5.96. The fourth-order valence-corrected chi connectivity index (χ4v) is 3.60. The van der Waals surface area contributed by atoms with Crippen molar-refractivity contribution in [1.82, 2.24) is 18.7 Å². The molecular formula is C23H21ClN4O4. The molecule has 0 aliphatic rings. The summed E-state index contributed by atoms with van der Waals surface area (Å²) < 4.78 is 9.89. The lowest BCUT2D eigenvalue weighted by Gasteiger charge is -2.10. The van der Waals surface area contributed by atoms with E-state index >= 15 is 0 Å². The van der Waals surface area contributed by atoms with Gasteiger partial charge in [0.25, 0.3) is 5.56 Å². The van der Waals surface area contributed by atoms with Crippen LogP contribution in [-0.2, 0) is 20.6 Å². The number of hydrogen-bond acceptors (Lipinski definition) is 5. The molecule has 0 spiro atoms. The fourth-order valence-electron chi connectivity index (χ4n) is 3.48. The Morgan fingerprint density at radius 3 is 2.28 bits per heavy atom. The van der Waals surface area contributed by atoms with E-state index in [2.05, 4.69) is 4.98 Å². The first kappa shape index (κ1) is 21.6. The van der Waals surface area contributed by atoms with Crippen molar-refractivity contribution in [2.75, 3.05) is 6.61 Å². The van der Waals surface area contributed by atoms with Gasteiger partial charge in [-0.3, -0.25) is 18.7 Å². The zero-order valence-electron chi connectivity index (χ0n) is 17.6. The van der Waals surface area contributed by atoms with Crippen LogP contribution < -0.4 is 16.0 Å². The summed E-state index contributed by atoms with van der Waals surface area (Å²) in [7, 11) is 3.31. The third-order valence-corrected chi connectivity index (χ3v) is 5.47. The molecule has 164 valence electrons. The Morgan fingerprint density at radius 2 is 1.62 bits per heavy atom. The molecule has 2 aromatic heterocycles. The number of carbonyl (C=O) groups excluding carboxylic acids is 1. The molecule has 0 N–H and O–H groups in total. The Labute approximate surface area is 188 Å². The predicted octanol–water partition coefficient (Wildman–Crippen LogP) is 2.79. The minimum atomic E-state index is -0.411. The van der Waals surface area contributed by atoms with Gasteiger partial charge >= 0.3 is 5.69 Å². The number of rotatable bonds is 7. The molecule has 8 nitrogen and oxygen atoms in total. The van der Waals surface area contributed by atoms with E-state index in [1.807, 2.05) is 0 Å². The maximum atomic E-state index is 12.7. The number of aromatic nitrogens is 4. The molecule has 0 fully saturated rings. The molecule has 0 atom stereocenters. The van der Waals surface area contributed by atoms with Crippen molar-refractivity contribution < 1.29 is 9.53 Å². The van der Waals surface area contributed by atoms with E-state index in [1.165, 1.54) is 15.5 Å². The van der Waals surface area contributed by atoms with Gasteiger partial charge in [0.15, 0.2) is 16.9 Å². The van der Waals surface area contributed by atoms with Crippen LogP contribution in [0.3, 0.4) is 0 Å². The molecule has 4 rings (SSSR count). The molecule has 4 aromatic rings. The van der Waals surface area contributed by atoms with Gasteiger partial charge in [0.2, 0.25) is 0 Å². The van der Waals surface area contributed by atoms with E-state index in [4.69, 9.17) is 16.3 Å². The number of hydrogen-bond donors (Lipinski definition) is 0. The minimum Gasteiger partial charge on any atom is -0.494 e. The smallest absolute Gasteiger partial charge is 0.332 e. The summed E-state index contributed by atoms with van der Waals surface area (Å²) in [4.78, 5) is 41.8. The predicted molar refractivity (Wildman–Crippen MR) is 122 cm³/mol. The van der Waals surface area contributed by atoms with Crippen molar-refractivity contribution in [2.24, 2.45) is 14.1 Å². The molecule has 0 saturated carbocycles. The van der Waals surface area contributed by atoms with Crippen LogP contribution in [0, 0.1) is 0 Å². The molecule has 0 aliphatic carbocycles. The monoisotopic (exact) mass is 452 g/mol. The molecule has 0 saturated heterocycles. The lowest BCUT2D eigenvalue weighted by Crippen LogP contribution is -2.39. The summed E-state index contributed by atoms with van der Waals surface area (Å²) in [6.45, 7) is 0.531. The van der Waals surface area contributed by atoms with Gasteiger partial charge in [0.1, 0.15) is 5.75 Å². The highest BCUT2D eigenvalue weighted by molar-refractivity contribution is 6.30. The van der Waals surface area contributed by atoms with Gasteiger partial charge in [-0.2, -0.15) is 0 Å². The Morgan fingerprint density at radius 1 is 1.00 bits per heavy atom. The second kappa shape index (κ2) is 8.84. The largest absolute Gasteiger partial charge is 0.494 e. The SMILES string of the molecule is Cn1cnc2c1c(=O)n(CCCOc1ccc(C(=O)c3ccc(Cl)cc3)cc1)c(=O)n2C. The summed E-state index contributed by atoms with van der Waals surface area (Å²) >= 11 is 5.87. The number of halogens is 1. The molecule has 0 radical (unpaired) electrons. The van der Waals surface area contributed by atoms with E-state index in [9.17, 15) is 14.4 Å². The normalized spacial score (nSPS) is 11.1. The van der Waals surface area contributed by atoms with Crippen molar-refractivity contribution in [3.05, 3.63) is 91.8 Å². The van der Waals surface area contributed by atoms with E-state index in [0.29, 0.717) is 46.1 Å². The van der Waals surface area contributed by atoms with Crippen LogP contribution in [-0.4, -0.2) is 31.1 Å². The van der Waals surface area contributed by atoms with Gasteiger partial charge in [-0.05, 0) is 55.0 Å². The summed E-state index contributed by atoms with van der Waals surface area (Å²) in [5, 5.41) is 0.575. The van der Waals surface area contributed by atoms with Crippen LogP contribution in [0.25, 0.3) is 11.2 Å². The molecule has 32 heavy (non-hydrogen) atoms. The van der Waals surface area contributed by atoms with E-state index < -0.39 is 5.69 Å². The van der Waals surface area contributed by atoms with Gasteiger partial charge < -0.3 is 9.30 Å². The van der Waals surface area contributed by atoms with Gasteiger partial charge in [-0.25, -0.2) is 9.78 Å². The Bertz CT molecular complexity index is 1400. The average Bonchev–Trinajstić information content (AvgIpc) is 3.19. The van der Waals surface area contributed by atoms with Crippen molar-refractivity contribution in [1.29, 1.82) is 0 Å². The molecule has 2 aromatic carbocycles. The first-order valence-corrected chi connectivity index (χ1v) is 10.4. The standard InChI is InChI=1S/C23H21ClN4O4/c1-26-14-25-21-19(26)22(30)28(23(31)27(21)2)12-3-13-32-18-10-6-16(7-11-18)20(29)15-4-8-17(24)9-5-15/h4-11,14H,3,12-13H2,1-2H3.